The zero-order chi connectivity index (χ0) is 23.9. The lowest BCUT2D eigenvalue weighted by atomic mass is 10.1. The molecule has 1 aliphatic heterocycles. The molecule has 0 unspecified atom stereocenters. The predicted octanol–water partition coefficient (Wildman–Crippen LogP) is 4.38. The molecule has 176 valence electrons. The summed E-state index contributed by atoms with van der Waals surface area (Å²) in [6.07, 6.45) is 0. The fourth-order valence-corrected chi connectivity index (χ4v) is 3.64. The minimum atomic E-state index is -0.572. The van der Waals surface area contributed by atoms with E-state index < -0.39 is 11.8 Å². The predicted molar refractivity (Wildman–Crippen MR) is 126 cm³/mol. The summed E-state index contributed by atoms with van der Waals surface area (Å²) in [5.41, 5.74) is 2.42. The van der Waals surface area contributed by atoms with Gasteiger partial charge in [-0.15, -0.1) is 0 Å². The molecule has 3 amide bonds. The third-order valence-electron chi connectivity index (χ3n) is 5.28. The third kappa shape index (κ3) is 6.08. The molecule has 9 heteroatoms. The molecule has 1 heterocycles. The van der Waals surface area contributed by atoms with E-state index in [1.807, 2.05) is 0 Å². The number of ether oxygens (including phenoxy) is 1. The van der Waals surface area contributed by atoms with E-state index in [1.54, 1.807) is 36.4 Å². The van der Waals surface area contributed by atoms with E-state index >= 15 is 0 Å². The summed E-state index contributed by atoms with van der Waals surface area (Å²) in [6, 6.07) is 16.0. The fourth-order valence-electron chi connectivity index (χ4n) is 3.64. The van der Waals surface area contributed by atoms with Gasteiger partial charge in [-0.2, -0.15) is 0 Å². The largest absolute Gasteiger partial charge is 0.378 e. The van der Waals surface area contributed by atoms with Crippen molar-refractivity contribution in [3.63, 3.8) is 0 Å². The maximum Gasteiger partial charge on any atom is 0.323 e. The Kier molecular flexibility index (Phi) is 7.34. The first kappa shape index (κ1) is 23.2. The maximum atomic E-state index is 13.5. The van der Waals surface area contributed by atoms with E-state index in [0.717, 1.165) is 5.69 Å². The van der Waals surface area contributed by atoms with Crippen LogP contribution < -0.4 is 20.9 Å². The van der Waals surface area contributed by atoms with Crippen LogP contribution in [-0.2, 0) is 11.3 Å². The van der Waals surface area contributed by atoms with Gasteiger partial charge in [0.05, 0.1) is 24.6 Å². The van der Waals surface area contributed by atoms with Gasteiger partial charge >= 0.3 is 6.03 Å². The van der Waals surface area contributed by atoms with Crippen LogP contribution in [0, 0.1) is 11.6 Å². The number of hydrogen-bond acceptors (Lipinski definition) is 4. The van der Waals surface area contributed by atoms with Crippen molar-refractivity contribution < 1.29 is 23.1 Å². The van der Waals surface area contributed by atoms with Crippen LogP contribution in [0.2, 0.25) is 0 Å². The van der Waals surface area contributed by atoms with Crippen LogP contribution >= 0.6 is 0 Å². The Morgan fingerprint density at radius 3 is 2.35 bits per heavy atom. The number of benzene rings is 3. The smallest absolute Gasteiger partial charge is 0.323 e. The van der Waals surface area contributed by atoms with E-state index in [4.69, 9.17) is 4.74 Å². The Balaban J connectivity index is 1.52. The third-order valence-corrected chi connectivity index (χ3v) is 5.28. The van der Waals surface area contributed by atoms with Gasteiger partial charge in [0.2, 0.25) is 0 Å². The van der Waals surface area contributed by atoms with Crippen LogP contribution in [0.5, 0.6) is 0 Å². The monoisotopic (exact) mass is 466 g/mol. The molecule has 0 aliphatic carbocycles. The van der Waals surface area contributed by atoms with Crippen molar-refractivity contribution in [1.82, 2.24) is 5.32 Å². The molecular weight excluding hydrogens is 442 g/mol. The number of carbonyl (C=O) groups excluding carboxylic acids is 2. The molecule has 34 heavy (non-hydrogen) atoms. The Morgan fingerprint density at radius 1 is 0.882 bits per heavy atom. The van der Waals surface area contributed by atoms with Gasteiger partial charge in [-0.3, -0.25) is 4.79 Å². The molecule has 1 fully saturated rings. The molecule has 1 aliphatic rings. The van der Waals surface area contributed by atoms with Crippen molar-refractivity contribution in [2.24, 2.45) is 0 Å². The van der Waals surface area contributed by atoms with Gasteiger partial charge in [0.1, 0.15) is 11.6 Å². The first-order valence-electron chi connectivity index (χ1n) is 10.8. The second-order valence-electron chi connectivity index (χ2n) is 7.73. The number of morpholine rings is 1. The number of hydrogen-bond donors (Lipinski definition) is 3. The Hall–Kier alpha value is -3.98. The topological polar surface area (TPSA) is 82.7 Å². The molecular formula is C25H24F2N4O3. The molecule has 3 aromatic rings. The number of carbonyl (C=O) groups is 2. The quantitative estimate of drug-likeness (QED) is 0.504. The summed E-state index contributed by atoms with van der Waals surface area (Å²) in [6.45, 7) is 2.51. The Bertz CT molecular complexity index is 1180. The number of halogens is 2. The average Bonchev–Trinajstić information content (AvgIpc) is 2.83. The first-order valence-corrected chi connectivity index (χ1v) is 10.8. The lowest BCUT2D eigenvalue weighted by Gasteiger charge is -2.30. The highest BCUT2D eigenvalue weighted by Crippen LogP contribution is 2.28. The summed E-state index contributed by atoms with van der Waals surface area (Å²) in [7, 11) is 0. The summed E-state index contributed by atoms with van der Waals surface area (Å²) < 4.78 is 32.3. The standard InChI is InChI=1S/C25H24F2N4O3/c26-19-4-1-3-17(13-19)16-28-24(32)18-7-8-23(31-9-11-34-12-10-31)22(14-18)30-25(33)29-21-6-2-5-20(27)15-21/h1-8,13-15H,9-12,16H2,(H,28,32)(H2,29,30,33). The normalized spacial score (nSPS) is 13.3. The molecule has 4 rings (SSSR count). The average molecular weight is 466 g/mol. The number of amides is 3. The SMILES string of the molecule is O=C(Nc1cccc(F)c1)Nc1cc(C(=O)NCc2cccc(F)c2)ccc1N1CCOCC1. The van der Waals surface area contributed by atoms with E-state index in [9.17, 15) is 18.4 Å². The number of nitrogens with zero attached hydrogens (tertiary/aromatic N) is 1. The van der Waals surface area contributed by atoms with Crippen molar-refractivity contribution in [3.8, 4) is 0 Å². The minimum Gasteiger partial charge on any atom is -0.378 e. The van der Waals surface area contributed by atoms with Crippen molar-refractivity contribution >= 4 is 29.0 Å². The molecule has 0 aromatic heterocycles. The van der Waals surface area contributed by atoms with Crippen molar-refractivity contribution in [2.45, 2.75) is 6.54 Å². The fraction of sp³-hybridized carbons (Fsp3) is 0.200. The van der Waals surface area contributed by atoms with Crippen LogP contribution in [0.1, 0.15) is 15.9 Å². The molecule has 7 nitrogen and oxygen atoms in total. The van der Waals surface area contributed by atoms with E-state index in [-0.39, 0.29) is 18.3 Å². The number of rotatable bonds is 6. The summed E-state index contributed by atoms with van der Waals surface area (Å²) in [4.78, 5) is 27.4. The molecule has 0 bridgehead atoms. The summed E-state index contributed by atoms with van der Waals surface area (Å²) >= 11 is 0. The summed E-state index contributed by atoms with van der Waals surface area (Å²) in [5, 5.41) is 8.12. The van der Waals surface area contributed by atoms with Crippen LogP contribution in [0.3, 0.4) is 0 Å². The molecule has 1 saturated heterocycles. The first-order chi connectivity index (χ1) is 16.5. The van der Waals surface area contributed by atoms with Crippen LogP contribution in [-0.4, -0.2) is 38.2 Å². The zero-order valence-electron chi connectivity index (χ0n) is 18.3. The molecule has 3 aromatic carbocycles. The van der Waals surface area contributed by atoms with Gasteiger partial charge in [-0.05, 0) is 54.1 Å². The number of anilines is 3. The maximum absolute atomic E-state index is 13.5. The Morgan fingerprint density at radius 2 is 1.62 bits per heavy atom. The van der Waals surface area contributed by atoms with Gasteiger partial charge in [-0.25, -0.2) is 13.6 Å². The van der Waals surface area contributed by atoms with Crippen molar-refractivity contribution in [1.29, 1.82) is 0 Å². The molecule has 0 atom stereocenters. The molecule has 3 N–H and O–H groups in total. The molecule has 0 radical (unpaired) electrons. The minimum absolute atomic E-state index is 0.157. The van der Waals surface area contributed by atoms with Gasteiger partial charge in [0.15, 0.2) is 0 Å². The second-order valence-corrected chi connectivity index (χ2v) is 7.73. The van der Waals surface area contributed by atoms with Crippen molar-refractivity contribution in [2.75, 3.05) is 41.8 Å². The van der Waals surface area contributed by atoms with E-state index in [1.165, 1.54) is 30.3 Å². The highest BCUT2D eigenvalue weighted by Gasteiger charge is 2.18. The summed E-state index contributed by atoms with van der Waals surface area (Å²) in [5.74, 6) is -1.22. The van der Waals surface area contributed by atoms with Crippen LogP contribution in [0.25, 0.3) is 0 Å². The number of nitrogens with one attached hydrogen (secondary N) is 3. The van der Waals surface area contributed by atoms with Gasteiger partial charge in [-0.1, -0.05) is 18.2 Å². The molecule has 0 saturated carbocycles. The van der Waals surface area contributed by atoms with Gasteiger partial charge in [0, 0.05) is 30.9 Å². The molecule has 0 spiro atoms. The highest BCUT2D eigenvalue weighted by molar-refractivity contribution is 6.04. The van der Waals surface area contributed by atoms with Gasteiger partial charge < -0.3 is 25.6 Å². The lowest BCUT2D eigenvalue weighted by molar-refractivity contribution is 0.0950. The van der Waals surface area contributed by atoms with E-state index in [0.29, 0.717) is 48.8 Å². The van der Waals surface area contributed by atoms with Crippen LogP contribution in [0.4, 0.5) is 30.6 Å². The second kappa shape index (κ2) is 10.8. The highest BCUT2D eigenvalue weighted by atomic mass is 19.1. The van der Waals surface area contributed by atoms with Gasteiger partial charge in [0.25, 0.3) is 5.91 Å². The van der Waals surface area contributed by atoms with Crippen LogP contribution in [0.15, 0.2) is 66.7 Å². The van der Waals surface area contributed by atoms with E-state index in [2.05, 4.69) is 20.9 Å². The zero-order valence-corrected chi connectivity index (χ0v) is 18.3. The lowest BCUT2D eigenvalue weighted by Crippen LogP contribution is -2.37. The van der Waals surface area contributed by atoms with Crippen molar-refractivity contribution in [3.05, 3.63) is 89.5 Å². The Labute approximate surface area is 195 Å². The number of urea groups is 1.